The maximum atomic E-state index is 12.8. The quantitative estimate of drug-likeness (QED) is 0.0211. The molecule has 0 heterocycles. The minimum atomic E-state index is -1.53. The Morgan fingerprint density at radius 2 is 0.803 bits per heavy atom. The molecule has 0 aromatic carbocycles. The molecule has 0 amide bonds. The van der Waals surface area contributed by atoms with E-state index >= 15 is 0 Å². The van der Waals surface area contributed by atoms with Crippen molar-refractivity contribution in [2.75, 3.05) is 47.5 Å². The first kappa shape index (κ1) is 67.0. The Hall–Kier alpha value is -4.05. The summed E-state index contributed by atoms with van der Waals surface area (Å²) in [7, 11) is 5.94. The summed E-state index contributed by atoms with van der Waals surface area (Å²) in [4.78, 5) is 37.3. The van der Waals surface area contributed by atoms with Crippen molar-refractivity contribution in [2.45, 2.75) is 219 Å². The van der Waals surface area contributed by atoms with E-state index in [4.69, 9.17) is 18.9 Å². The van der Waals surface area contributed by atoms with Gasteiger partial charge in [-0.3, -0.25) is 9.59 Å². The summed E-state index contributed by atoms with van der Waals surface area (Å²) in [5.41, 5.74) is 0. The van der Waals surface area contributed by atoms with Crippen LogP contribution in [0.25, 0.3) is 0 Å². The van der Waals surface area contributed by atoms with E-state index in [9.17, 15) is 19.5 Å². The third kappa shape index (κ3) is 53.6. The molecule has 0 aliphatic heterocycles. The van der Waals surface area contributed by atoms with E-state index in [1.165, 1.54) is 89.9 Å². The standard InChI is InChI=1S/C62H103NO8/c1-6-8-10-12-14-16-18-20-22-24-25-26-27-28-29-30-31-32-33-34-35-37-39-41-43-45-47-49-51-53-60(65)71-58(57-70-62(61(66)67)68-55-54-63(3,4)5)56-69-59(64)52-50-48-46-44-42-40-38-36-23-21-19-17-15-13-11-9-7-2/h8,10,14,16,20,22,25-26,28-29,31-32,34-35,39,41,45,47,58,62H,6-7,9,11-13,15,17-19,21,23-24,27,30,33,36-38,40,42-44,46,48-57H2,1-5H3/p+1/b10-8-,16-14-,22-20-,26-25-,29-28-,32-31-,35-34-,41-39-,47-45-. The highest BCUT2D eigenvalue weighted by atomic mass is 16.7. The van der Waals surface area contributed by atoms with Crippen molar-refractivity contribution < 1.29 is 42.9 Å². The summed E-state index contributed by atoms with van der Waals surface area (Å²) in [6, 6.07) is 0. The van der Waals surface area contributed by atoms with Gasteiger partial charge in [0.05, 0.1) is 34.4 Å². The number of rotatable bonds is 50. The monoisotopic (exact) mass is 991 g/mol. The number of allylic oxidation sites excluding steroid dienone is 18. The summed E-state index contributed by atoms with van der Waals surface area (Å²) in [6.45, 7) is 4.69. The van der Waals surface area contributed by atoms with Crippen molar-refractivity contribution in [3.05, 3.63) is 109 Å². The molecule has 0 radical (unpaired) electrons. The van der Waals surface area contributed by atoms with Crippen molar-refractivity contribution in [1.29, 1.82) is 0 Å². The van der Waals surface area contributed by atoms with Crippen LogP contribution in [0.1, 0.15) is 206 Å². The van der Waals surface area contributed by atoms with Crippen molar-refractivity contribution in [1.82, 2.24) is 0 Å². The first-order chi connectivity index (χ1) is 34.6. The van der Waals surface area contributed by atoms with Crippen LogP contribution in [0.4, 0.5) is 0 Å². The molecule has 404 valence electrons. The number of likely N-dealkylation sites (N-methyl/N-ethyl adjacent to an activating group) is 1. The van der Waals surface area contributed by atoms with Gasteiger partial charge >= 0.3 is 17.9 Å². The predicted molar refractivity (Wildman–Crippen MR) is 299 cm³/mol. The van der Waals surface area contributed by atoms with Gasteiger partial charge in [-0.2, -0.15) is 0 Å². The van der Waals surface area contributed by atoms with Gasteiger partial charge in [-0.15, -0.1) is 0 Å². The highest BCUT2D eigenvalue weighted by Gasteiger charge is 2.25. The van der Waals surface area contributed by atoms with Crippen LogP contribution in [0.15, 0.2) is 109 Å². The maximum Gasteiger partial charge on any atom is 0.361 e. The lowest BCUT2D eigenvalue weighted by Gasteiger charge is -2.25. The maximum absolute atomic E-state index is 12.8. The largest absolute Gasteiger partial charge is 0.477 e. The number of quaternary nitrogens is 1. The van der Waals surface area contributed by atoms with Gasteiger partial charge in [-0.25, -0.2) is 4.79 Å². The molecule has 0 bridgehead atoms. The van der Waals surface area contributed by atoms with E-state index in [0.717, 1.165) is 77.0 Å². The lowest BCUT2D eigenvalue weighted by atomic mass is 10.0. The minimum Gasteiger partial charge on any atom is -0.477 e. The number of carbonyl (C=O) groups is 3. The molecule has 9 nitrogen and oxygen atoms in total. The third-order valence-corrected chi connectivity index (χ3v) is 11.5. The van der Waals surface area contributed by atoms with Crippen molar-refractivity contribution in [3.63, 3.8) is 0 Å². The Labute approximate surface area is 434 Å². The zero-order valence-electron chi connectivity index (χ0n) is 45.8. The lowest BCUT2D eigenvalue weighted by Crippen LogP contribution is -2.40. The van der Waals surface area contributed by atoms with Gasteiger partial charge in [-0.1, -0.05) is 226 Å². The second kappa shape index (κ2) is 52.3. The lowest BCUT2D eigenvalue weighted by molar-refractivity contribution is -0.870. The van der Waals surface area contributed by atoms with Gasteiger partial charge in [-0.05, 0) is 77.0 Å². The zero-order valence-corrected chi connectivity index (χ0v) is 45.8. The number of hydrogen-bond acceptors (Lipinski definition) is 7. The van der Waals surface area contributed by atoms with Crippen LogP contribution < -0.4 is 0 Å². The molecule has 2 unspecified atom stereocenters. The highest BCUT2D eigenvalue weighted by Crippen LogP contribution is 2.15. The molecule has 0 spiro atoms. The Bertz CT molecular complexity index is 1530. The average molecular weight is 992 g/mol. The predicted octanol–water partition coefficient (Wildman–Crippen LogP) is 16.3. The second-order valence-corrected chi connectivity index (χ2v) is 19.5. The number of carboxylic acid groups (broad SMARTS) is 1. The highest BCUT2D eigenvalue weighted by molar-refractivity contribution is 5.71. The number of esters is 2. The van der Waals surface area contributed by atoms with Crippen LogP contribution in [-0.4, -0.2) is 87.4 Å². The summed E-state index contributed by atoms with van der Waals surface area (Å²) < 4.78 is 22.8. The first-order valence-electron chi connectivity index (χ1n) is 28.1. The molecule has 0 aromatic rings. The summed E-state index contributed by atoms with van der Waals surface area (Å²) in [5, 5.41) is 9.69. The normalized spacial score (nSPS) is 13.6. The Morgan fingerprint density at radius 3 is 1.18 bits per heavy atom. The smallest absolute Gasteiger partial charge is 0.361 e. The molecule has 0 saturated carbocycles. The number of nitrogens with zero attached hydrogens (tertiary/aromatic N) is 1. The molecule has 0 aliphatic carbocycles. The molecule has 0 aliphatic rings. The molecule has 1 N–H and O–H groups in total. The molecule has 0 saturated heterocycles. The van der Waals surface area contributed by atoms with Gasteiger partial charge in [0.1, 0.15) is 13.2 Å². The van der Waals surface area contributed by atoms with Crippen molar-refractivity contribution >= 4 is 17.9 Å². The van der Waals surface area contributed by atoms with E-state index in [2.05, 4.69) is 123 Å². The van der Waals surface area contributed by atoms with Crippen molar-refractivity contribution in [2.24, 2.45) is 0 Å². The minimum absolute atomic E-state index is 0.172. The number of carbonyl (C=O) groups excluding carboxylic acids is 2. The van der Waals surface area contributed by atoms with Crippen LogP contribution in [0.5, 0.6) is 0 Å². The molecule has 0 fully saturated rings. The number of hydrogen-bond donors (Lipinski definition) is 1. The fraction of sp³-hybridized carbons (Fsp3) is 0.661. The van der Waals surface area contributed by atoms with Crippen LogP contribution in [-0.2, 0) is 33.3 Å². The number of carboxylic acids is 1. The van der Waals surface area contributed by atoms with Crippen LogP contribution in [0.3, 0.4) is 0 Å². The average Bonchev–Trinajstić information content (AvgIpc) is 3.34. The molecule has 2 atom stereocenters. The number of ether oxygens (including phenoxy) is 4. The Morgan fingerprint density at radius 1 is 0.437 bits per heavy atom. The Balaban J connectivity index is 4.41. The van der Waals surface area contributed by atoms with E-state index in [0.29, 0.717) is 23.9 Å². The summed E-state index contributed by atoms with van der Waals surface area (Å²) >= 11 is 0. The van der Waals surface area contributed by atoms with E-state index in [1.807, 2.05) is 21.1 Å². The topological polar surface area (TPSA) is 108 Å². The van der Waals surface area contributed by atoms with E-state index in [1.54, 1.807) is 0 Å². The summed E-state index contributed by atoms with van der Waals surface area (Å²) in [6.07, 6.45) is 68.8. The number of aliphatic carboxylic acids is 1. The summed E-state index contributed by atoms with van der Waals surface area (Å²) in [5.74, 6) is -2.09. The SMILES string of the molecule is CC/C=C\C/C=C\C/C=C\C/C=C\C/C=C\C/C=C\C/C=C\C/C=C\C/C=C\CCCC(=O)OC(COC(=O)CCCCCCCCCCCCCCCCCCC)COC(OCC[N+](C)(C)C)C(=O)O. The van der Waals surface area contributed by atoms with Crippen LogP contribution in [0.2, 0.25) is 0 Å². The zero-order chi connectivity index (χ0) is 52.0. The van der Waals surface area contributed by atoms with Crippen LogP contribution >= 0.6 is 0 Å². The molecule has 9 heteroatoms. The van der Waals surface area contributed by atoms with Gasteiger partial charge < -0.3 is 28.5 Å². The van der Waals surface area contributed by atoms with Crippen molar-refractivity contribution in [3.8, 4) is 0 Å². The van der Waals surface area contributed by atoms with Gasteiger partial charge in [0.2, 0.25) is 0 Å². The van der Waals surface area contributed by atoms with Gasteiger partial charge in [0, 0.05) is 12.8 Å². The fourth-order valence-electron chi connectivity index (χ4n) is 7.25. The van der Waals surface area contributed by atoms with E-state index in [-0.39, 0.29) is 38.6 Å². The third-order valence-electron chi connectivity index (χ3n) is 11.5. The fourth-order valence-corrected chi connectivity index (χ4v) is 7.25. The van der Waals surface area contributed by atoms with Gasteiger partial charge in [0.25, 0.3) is 6.29 Å². The molecule has 0 aromatic heterocycles. The molecular weight excluding hydrogens is 887 g/mol. The van der Waals surface area contributed by atoms with Crippen LogP contribution in [0, 0.1) is 0 Å². The van der Waals surface area contributed by atoms with Gasteiger partial charge in [0.15, 0.2) is 6.10 Å². The van der Waals surface area contributed by atoms with E-state index < -0.39 is 24.3 Å². The molecular formula is C62H104NO8+. The second-order valence-electron chi connectivity index (χ2n) is 19.5. The molecule has 0 rings (SSSR count). The first-order valence-corrected chi connectivity index (χ1v) is 28.1. The molecule has 71 heavy (non-hydrogen) atoms. The Kier molecular flexibility index (Phi) is 49.3. The number of unbranched alkanes of at least 4 members (excludes halogenated alkanes) is 17.